The lowest BCUT2D eigenvalue weighted by atomic mass is 10.0. The molecule has 0 saturated heterocycles. The number of amides is 1. The van der Waals surface area contributed by atoms with Gasteiger partial charge in [-0.1, -0.05) is 19.9 Å². The van der Waals surface area contributed by atoms with Crippen molar-refractivity contribution in [3.05, 3.63) is 53.3 Å². The van der Waals surface area contributed by atoms with Gasteiger partial charge in [0.25, 0.3) is 5.91 Å². The van der Waals surface area contributed by atoms with Gasteiger partial charge < -0.3 is 10.1 Å². The fourth-order valence-electron chi connectivity index (χ4n) is 2.08. The molecule has 0 radical (unpaired) electrons. The maximum Gasteiger partial charge on any atom is 0.259 e. The first kappa shape index (κ1) is 15.0. The predicted molar refractivity (Wildman–Crippen MR) is 84.0 cm³/mol. The summed E-state index contributed by atoms with van der Waals surface area (Å²) in [5, 5.41) is 2.86. The van der Waals surface area contributed by atoms with Crippen LogP contribution in [0, 0.1) is 6.92 Å². The molecule has 0 bridgehead atoms. The zero-order chi connectivity index (χ0) is 15.4. The van der Waals surface area contributed by atoms with Crippen LogP contribution in [0.4, 0.5) is 5.69 Å². The molecule has 110 valence electrons. The van der Waals surface area contributed by atoms with E-state index < -0.39 is 0 Å². The minimum absolute atomic E-state index is 0.187. The number of benzene rings is 1. The Bertz CT molecular complexity index is 651. The molecule has 0 fully saturated rings. The fraction of sp³-hybridized carbons (Fsp3) is 0.294. The van der Waals surface area contributed by atoms with Gasteiger partial charge in [-0.25, -0.2) is 0 Å². The summed E-state index contributed by atoms with van der Waals surface area (Å²) in [6.07, 6.45) is 1.67. The molecule has 1 heterocycles. The van der Waals surface area contributed by atoms with Gasteiger partial charge in [0.05, 0.1) is 12.7 Å². The minimum atomic E-state index is -0.187. The highest BCUT2D eigenvalue weighted by molar-refractivity contribution is 6.06. The van der Waals surface area contributed by atoms with Crippen LogP contribution in [-0.4, -0.2) is 18.0 Å². The van der Waals surface area contributed by atoms with Crippen molar-refractivity contribution in [3.63, 3.8) is 0 Å². The lowest BCUT2D eigenvalue weighted by molar-refractivity contribution is 0.102. The maximum atomic E-state index is 12.4. The quantitative estimate of drug-likeness (QED) is 0.929. The lowest BCUT2D eigenvalue weighted by Gasteiger charge is -2.13. The van der Waals surface area contributed by atoms with Gasteiger partial charge in [-0.05, 0) is 42.7 Å². The Hall–Kier alpha value is -2.36. The standard InChI is InChI=1S/C17H20N2O2/c1-11(2)13-5-6-15(16(10-13)21-4)17(20)19-14-7-8-18-12(3)9-14/h5-11H,1-4H3,(H,18,19,20). The summed E-state index contributed by atoms with van der Waals surface area (Å²) in [4.78, 5) is 16.5. The normalized spacial score (nSPS) is 10.5. The number of nitrogens with zero attached hydrogens (tertiary/aromatic N) is 1. The number of pyridine rings is 1. The molecule has 0 spiro atoms. The first-order chi connectivity index (χ1) is 10.0. The molecule has 0 saturated carbocycles. The van der Waals surface area contributed by atoms with E-state index in [9.17, 15) is 4.79 Å². The van der Waals surface area contributed by atoms with E-state index in [2.05, 4.69) is 24.1 Å². The molecule has 0 atom stereocenters. The van der Waals surface area contributed by atoms with Crippen LogP contribution in [0.3, 0.4) is 0 Å². The third-order valence-electron chi connectivity index (χ3n) is 3.29. The van der Waals surface area contributed by atoms with Gasteiger partial charge in [0.15, 0.2) is 0 Å². The third kappa shape index (κ3) is 3.60. The smallest absolute Gasteiger partial charge is 0.259 e. The average Bonchev–Trinajstić information content (AvgIpc) is 2.46. The van der Waals surface area contributed by atoms with E-state index in [-0.39, 0.29) is 5.91 Å². The molecule has 1 amide bonds. The molecule has 1 aromatic carbocycles. The summed E-state index contributed by atoms with van der Waals surface area (Å²) in [5.74, 6) is 0.788. The second kappa shape index (κ2) is 6.39. The molecule has 2 rings (SSSR count). The van der Waals surface area contributed by atoms with Crippen LogP contribution in [0.15, 0.2) is 36.5 Å². The number of rotatable bonds is 4. The van der Waals surface area contributed by atoms with Crippen molar-refractivity contribution in [2.45, 2.75) is 26.7 Å². The number of anilines is 1. The van der Waals surface area contributed by atoms with Crippen molar-refractivity contribution in [1.82, 2.24) is 4.98 Å². The van der Waals surface area contributed by atoms with Crippen molar-refractivity contribution in [2.24, 2.45) is 0 Å². The van der Waals surface area contributed by atoms with Crippen LogP contribution >= 0.6 is 0 Å². The maximum absolute atomic E-state index is 12.4. The molecule has 2 aromatic rings. The fourth-order valence-corrected chi connectivity index (χ4v) is 2.08. The number of ether oxygens (including phenoxy) is 1. The topological polar surface area (TPSA) is 51.2 Å². The van der Waals surface area contributed by atoms with Crippen molar-refractivity contribution >= 4 is 11.6 Å². The van der Waals surface area contributed by atoms with Crippen LogP contribution in [0.2, 0.25) is 0 Å². The number of methoxy groups -OCH3 is 1. The first-order valence-electron chi connectivity index (χ1n) is 6.93. The van der Waals surface area contributed by atoms with Crippen molar-refractivity contribution < 1.29 is 9.53 Å². The molecule has 0 aliphatic heterocycles. The summed E-state index contributed by atoms with van der Waals surface area (Å²) in [6.45, 7) is 6.09. The van der Waals surface area contributed by atoms with Crippen LogP contribution in [0.1, 0.15) is 41.4 Å². The summed E-state index contributed by atoms with van der Waals surface area (Å²) in [5.41, 5.74) is 3.25. The monoisotopic (exact) mass is 284 g/mol. The molecule has 0 aliphatic carbocycles. The molecule has 21 heavy (non-hydrogen) atoms. The van der Waals surface area contributed by atoms with Crippen molar-refractivity contribution in [2.75, 3.05) is 12.4 Å². The van der Waals surface area contributed by atoms with Crippen molar-refractivity contribution in [3.8, 4) is 5.75 Å². The van der Waals surface area contributed by atoms with Gasteiger partial charge in [-0.15, -0.1) is 0 Å². The van der Waals surface area contributed by atoms with E-state index in [0.29, 0.717) is 17.2 Å². The Morgan fingerprint density at radius 2 is 2.00 bits per heavy atom. The number of hydrogen-bond donors (Lipinski definition) is 1. The Labute approximate surface area is 125 Å². The number of aryl methyl sites for hydroxylation is 1. The van der Waals surface area contributed by atoms with Crippen LogP contribution in [0.25, 0.3) is 0 Å². The van der Waals surface area contributed by atoms with E-state index >= 15 is 0 Å². The number of carbonyl (C=O) groups is 1. The van der Waals surface area contributed by atoms with Crippen molar-refractivity contribution in [1.29, 1.82) is 0 Å². The van der Waals surface area contributed by atoms with E-state index in [1.54, 1.807) is 25.4 Å². The lowest BCUT2D eigenvalue weighted by Crippen LogP contribution is -2.13. The van der Waals surface area contributed by atoms with Gasteiger partial charge in [0, 0.05) is 17.6 Å². The zero-order valence-corrected chi connectivity index (χ0v) is 12.8. The summed E-state index contributed by atoms with van der Waals surface area (Å²) >= 11 is 0. The average molecular weight is 284 g/mol. The third-order valence-corrected chi connectivity index (χ3v) is 3.29. The Balaban J connectivity index is 2.26. The van der Waals surface area contributed by atoms with E-state index in [4.69, 9.17) is 4.74 Å². The SMILES string of the molecule is COc1cc(C(C)C)ccc1C(=O)Nc1ccnc(C)c1. The summed E-state index contributed by atoms with van der Waals surface area (Å²) in [7, 11) is 1.58. The Morgan fingerprint density at radius 1 is 1.24 bits per heavy atom. The predicted octanol–water partition coefficient (Wildman–Crippen LogP) is 3.77. The molecular weight excluding hydrogens is 264 g/mol. The molecule has 1 aromatic heterocycles. The highest BCUT2D eigenvalue weighted by atomic mass is 16.5. The van der Waals surface area contributed by atoms with Gasteiger partial charge in [-0.3, -0.25) is 9.78 Å². The number of aromatic nitrogens is 1. The van der Waals surface area contributed by atoms with Gasteiger partial charge in [-0.2, -0.15) is 0 Å². The van der Waals surface area contributed by atoms with Gasteiger partial charge in [0.1, 0.15) is 5.75 Å². The molecular formula is C17H20N2O2. The van der Waals surface area contributed by atoms with E-state index in [1.165, 1.54) is 0 Å². The summed E-state index contributed by atoms with van der Waals surface area (Å²) < 4.78 is 5.35. The number of carbonyl (C=O) groups excluding carboxylic acids is 1. The van der Waals surface area contributed by atoms with Gasteiger partial charge in [0.2, 0.25) is 0 Å². The van der Waals surface area contributed by atoms with Crippen LogP contribution in [-0.2, 0) is 0 Å². The second-order valence-electron chi connectivity index (χ2n) is 5.25. The Kier molecular flexibility index (Phi) is 4.58. The highest BCUT2D eigenvalue weighted by Gasteiger charge is 2.14. The largest absolute Gasteiger partial charge is 0.496 e. The molecule has 1 N–H and O–H groups in total. The van der Waals surface area contributed by atoms with E-state index in [0.717, 1.165) is 16.9 Å². The molecule has 0 aliphatic rings. The highest BCUT2D eigenvalue weighted by Crippen LogP contribution is 2.25. The number of hydrogen-bond acceptors (Lipinski definition) is 3. The number of nitrogens with one attached hydrogen (secondary N) is 1. The molecule has 0 unspecified atom stereocenters. The first-order valence-corrected chi connectivity index (χ1v) is 6.93. The van der Waals surface area contributed by atoms with Crippen LogP contribution < -0.4 is 10.1 Å². The molecule has 4 heteroatoms. The van der Waals surface area contributed by atoms with Gasteiger partial charge >= 0.3 is 0 Å². The van der Waals surface area contributed by atoms with Crippen LogP contribution in [0.5, 0.6) is 5.75 Å². The second-order valence-corrected chi connectivity index (χ2v) is 5.25. The minimum Gasteiger partial charge on any atom is -0.496 e. The molecule has 4 nitrogen and oxygen atoms in total. The summed E-state index contributed by atoms with van der Waals surface area (Å²) in [6, 6.07) is 9.27. The van der Waals surface area contributed by atoms with E-state index in [1.807, 2.05) is 25.1 Å². The Morgan fingerprint density at radius 3 is 2.62 bits per heavy atom. The zero-order valence-electron chi connectivity index (χ0n) is 12.8.